The Morgan fingerprint density at radius 3 is 2.86 bits per heavy atom. The van der Waals surface area contributed by atoms with Gasteiger partial charge >= 0.3 is 0 Å². The van der Waals surface area contributed by atoms with Gasteiger partial charge in [-0.05, 0) is 17.2 Å². The standard InChI is InChI=1S/C17H16ClNO2/c18-9-12-4-3-5-13(8-12)10-19-17(20)15-11-21-16-7-2-1-6-14(15)16/h1-8,15H,9-11H2,(H,19,20). The van der Waals surface area contributed by atoms with Gasteiger partial charge in [0, 0.05) is 18.0 Å². The lowest BCUT2D eigenvalue weighted by Crippen LogP contribution is -2.29. The molecule has 1 N–H and O–H groups in total. The predicted octanol–water partition coefficient (Wildman–Crippen LogP) is 3.22. The smallest absolute Gasteiger partial charge is 0.231 e. The van der Waals surface area contributed by atoms with E-state index < -0.39 is 0 Å². The van der Waals surface area contributed by atoms with Gasteiger partial charge < -0.3 is 10.1 Å². The highest BCUT2D eigenvalue weighted by Gasteiger charge is 2.29. The third-order valence-corrected chi connectivity index (χ3v) is 3.94. The maximum Gasteiger partial charge on any atom is 0.231 e. The monoisotopic (exact) mass is 301 g/mol. The van der Waals surface area contributed by atoms with Gasteiger partial charge in [0.05, 0.1) is 0 Å². The van der Waals surface area contributed by atoms with Crippen molar-refractivity contribution in [1.82, 2.24) is 5.32 Å². The van der Waals surface area contributed by atoms with Crippen LogP contribution in [0, 0.1) is 0 Å². The van der Waals surface area contributed by atoms with Crippen molar-refractivity contribution in [2.24, 2.45) is 0 Å². The Morgan fingerprint density at radius 2 is 2.00 bits per heavy atom. The molecule has 0 bridgehead atoms. The summed E-state index contributed by atoms with van der Waals surface area (Å²) in [5.41, 5.74) is 3.07. The maximum atomic E-state index is 12.3. The molecule has 0 aliphatic carbocycles. The first kappa shape index (κ1) is 14.0. The van der Waals surface area contributed by atoms with Gasteiger partial charge in [-0.2, -0.15) is 0 Å². The van der Waals surface area contributed by atoms with E-state index in [1.165, 1.54) is 0 Å². The summed E-state index contributed by atoms with van der Waals surface area (Å²) in [6.07, 6.45) is 0. The summed E-state index contributed by atoms with van der Waals surface area (Å²) >= 11 is 5.82. The molecule has 0 spiro atoms. The van der Waals surface area contributed by atoms with Crippen LogP contribution in [0.1, 0.15) is 22.6 Å². The minimum absolute atomic E-state index is 0.00349. The lowest BCUT2D eigenvalue weighted by Gasteiger charge is -2.10. The number of para-hydroxylation sites is 1. The molecule has 1 aliphatic heterocycles. The molecule has 3 nitrogen and oxygen atoms in total. The average molecular weight is 302 g/mol. The summed E-state index contributed by atoms with van der Waals surface area (Å²) in [4.78, 5) is 12.3. The fourth-order valence-corrected chi connectivity index (χ4v) is 2.68. The number of halogens is 1. The van der Waals surface area contributed by atoms with Crippen LogP contribution in [0.15, 0.2) is 48.5 Å². The topological polar surface area (TPSA) is 38.3 Å². The van der Waals surface area contributed by atoms with E-state index in [4.69, 9.17) is 16.3 Å². The summed E-state index contributed by atoms with van der Waals surface area (Å²) < 4.78 is 5.54. The molecule has 1 atom stereocenters. The Morgan fingerprint density at radius 1 is 1.19 bits per heavy atom. The van der Waals surface area contributed by atoms with Gasteiger partial charge in [-0.3, -0.25) is 4.79 Å². The van der Waals surface area contributed by atoms with Crippen molar-refractivity contribution in [2.75, 3.05) is 6.61 Å². The van der Waals surface area contributed by atoms with Gasteiger partial charge in [-0.1, -0.05) is 42.5 Å². The van der Waals surface area contributed by atoms with Gasteiger partial charge in [0.1, 0.15) is 18.3 Å². The highest BCUT2D eigenvalue weighted by molar-refractivity contribution is 6.17. The van der Waals surface area contributed by atoms with E-state index >= 15 is 0 Å². The molecule has 1 heterocycles. The largest absolute Gasteiger partial charge is 0.492 e. The number of nitrogens with one attached hydrogen (secondary N) is 1. The zero-order valence-corrected chi connectivity index (χ0v) is 12.3. The average Bonchev–Trinajstić information content (AvgIpc) is 2.97. The summed E-state index contributed by atoms with van der Waals surface area (Å²) in [7, 11) is 0. The third-order valence-electron chi connectivity index (χ3n) is 3.63. The SMILES string of the molecule is O=C(NCc1cccc(CCl)c1)C1COc2ccccc21. The number of carbonyl (C=O) groups excluding carboxylic acids is 1. The second kappa shape index (κ2) is 6.19. The number of carbonyl (C=O) groups is 1. The van der Waals surface area contributed by atoms with Gasteiger partial charge in [0.25, 0.3) is 0 Å². The second-order valence-corrected chi connectivity index (χ2v) is 5.34. The first-order valence-electron chi connectivity index (χ1n) is 6.91. The van der Waals surface area contributed by atoms with Crippen LogP contribution in [0.3, 0.4) is 0 Å². The molecular formula is C17H16ClNO2. The minimum Gasteiger partial charge on any atom is -0.492 e. The molecule has 0 saturated carbocycles. The molecule has 2 aromatic carbocycles. The maximum absolute atomic E-state index is 12.3. The number of amides is 1. The van der Waals surface area contributed by atoms with E-state index in [1.807, 2.05) is 48.5 Å². The molecule has 21 heavy (non-hydrogen) atoms. The van der Waals surface area contributed by atoms with Crippen molar-refractivity contribution in [1.29, 1.82) is 0 Å². The van der Waals surface area contributed by atoms with Gasteiger partial charge in [-0.15, -0.1) is 11.6 Å². The van der Waals surface area contributed by atoms with Gasteiger partial charge in [0.15, 0.2) is 0 Å². The van der Waals surface area contributed by atoms with Crippen molar-refractivity contribution in [3.8, 4) is 5.75 Å². The molecule has 0 radical (unpaired) electrons. The van der Waals surface area contributed by atoms with Crippen LogP contribution in [0.2, 0.25) is 0 Å². The summed E-state index contributed by atoms with van der Waals surface area (Å²) in [6, 6.07) is 15.6. The van der Waals surface area contributed by atoms with Gasteiger partial charge in [-0.25, -0.2) is 0 Å². The Kier molecular flexibility index (Phi) is 4.11. The van der Waals surface area contributed by atoms with Crippen LogP contribution in [0.5, 0.6) is 5.75 Å². The summed E-state index contributed by atoms with van der Waals surface area (Å²) in [5, 5.41) is 2.97. The molecule has 108 valence electrons. The number of hydrogen-bond acceptors (Lipinski definition) is 2. The Hall–Kier alpha value is -2.00. The Balaban J connectivity index is 1.65. The predicted molar refractivity (Wildman–Crippen MR) is 82.5 cm³/mol. The van der Waals surface area contributed by atoms with Crippen molar-refractivity contribution in [3.63, 3.8) is 0 Å². The molecule has 3 rings (SSSR count). The van der Waals surface area contributed by atoms with Crippen molar-refractivity contribution in [3.05, 3.63) is 65.2 Å². The van der Waals surface area contributed by atoms with Crippen molar-refractivity contribution in [2.45, 2.75) is 18.3 Å². The minimum atomic E-state index is -0.225. The van der Waals surface area contributed by atoms with Crippen molar-refractivity contribution < 1.29 is 9.53 Å². The van der Waals surface area contributed by atoms with Crippen LogP contribution < -0.4 is 10.1 Å². The molecule has 0 fully saturated rings. The van der Waals surface area contributed by atoms with Crippen LogP contribution >= 0.6 is 11.6 Å². The number of rotatable bonds is 4. The van der Waals surface area contributed by atoms with E-state index in [1.54, 1.807) is 0 Å². The highest BCUT2D eigenvalue weighted by atomic mass is 35.5. The van der Waals surface area contributed by atoms with Crippen molar-refractivity contribution >= 4 is 17.5 Å². The van der Waals surface area contributed by atoms with Crippen LogP contribution in [0.4, 0.5) is 0 Å². The zero-order chi connectivity index (χ0) is 14.7. The van der Waals surface area contributed by atoms with Gasteiger partial charge in [0.2, 0.25) is 5.91 Å². The normalized spacial score (nSPS) is 16.1. The molecule has 1 amide bonds. The fraction of sp³-hybridized carbons (Fsp3) is 0.235. The number of hydrogen-bond donors (Lipinski definition) is 1. The molecule has 1 unspecified atom stereocenters. The summed E-state index contributed by atoms with van der Waals surface area (Å²) in [6.45, 7) is 0.912. The molecule has 2 aromatic rings. The molecule has 1 aliphatic rings. The van der Waals surface area contributed by atoms with E-state index in [9.17, 15) is 4.79 Å². The van der Waals surface area contributed by atoms with E-state index in [0.29, 0.717) is 19.0 Å². The quantitative estimate of drug-likeness (QED) is 0.881. The second-order valence-electron chi connectivity index (χ2n) is 5.07. The molecular weight excluding hydrogens is 286 g/mol. The summed E-state index contributed by atoms with van der Waals surface area (Å²) in [5.74, 6) is 1.06. The van der Waals surface area contributed by atoms with E-state index in [-0.39, 0.29) is 11.8 Å². The highest BCUT2D eigenvalue weighted by Crippen LogP contribution is 2.33. The Labute approximate surface area is 128 Å². The van der Waals surface area contributed by atoms with E-state index in [2.05, 4.69) is 5.32 Å². The number of benzene rings is 2. The number of alkyl halides is 1. The van der Waals surface area contributed by atoms with E-state index in [0.717, 1.165) is 22.4 Å². The number of ether oxygens (including phenoxy) is 1. The first-order valence-corrected chi connectivity index (χ1v) is 7.44. The van der Waals surface area contributed by atoms with Crippen LogP contribution in [0.25, 0.3) is 0 Å². The van der Waals surface area contributed by atoms with Crippen LogP contribution in [-0.2, 0) is 17.2 Å². The molecule has 0 aromatic heterocycles. The fourth-order valence-electron chi connectivity index (χ4n) is 2.51. The third kappa shape index (κ3) is 3.03. The molecule has 0 saturated heterocycles. The van der Waals surface area contributed by atoms with Crippen LogP contribution in [-0.4, -0.2) is 12.5 Å². The Bertz CT molecular complexity index is 657. The lowest BCUT2D eigenvalue weighted by molar-refractivity contribution is -0.122. The lowest BCUT2D eigenvalue weighted by atomic mass is 10.0. The first-order chi connectivity index (χ1) is 10.3. The molecule has 4 heteroatoms. The zero-order valence-electron chi connectivity index (χ0n) is 11.5. The number of fused-ring (bicyclic) bond motifs is 1.